The zero-order chi connectivity index (χ0) is 15.4. The summed E-state index contributed by atoms with van der Waals surface area (Å²) in [6.07, 6.45) is 1.97. The van der Waals surface area contributed by atoms with Gasteiger partial charge >= 0.3 is 0 Å². The van der Waals surface area contributed by atoms with E-state index in [0.717, 1.165) is 10.5 Å². The molecule has 2 aromatic carbocycles. The van der Waals surface area contributed by atoms with Crippen molar-refractivity contribution >= 4 is 29.3 Å². The number of aryl methyl sites for hydroxylation is 1. The Labute approximate surface area is 127 Å². The number of rotatable bonds is 4. The van der Waals surface area contributed by atoms with Crippen LogP contribution in [-0.2, 0) is 0 Å². The van der Waals surface area contributed by atoms with Gasteiger partial charge in [0, 0.05) is 10.5 Å². The average Bonchev–Trinajstić information content (AvgIpc) is 2.47. The van der Waals surface area contributed by atoms with E-state index in [9.17, 15) is 9.59 Å². The number of thioether (sulfide) groups is 1. The van der Waals surface area contributed by atoms with Crippen molar-refractivity contribution in [2.24, 2.45) is 5.73 Å². The molecule has 4 nitrogen and oxygen atoms in total. The van der Waals surface area contributed by atoms with E-state index >= 15 is 0 Å². The van der Waals surface area contributed by atoms with Crippen LogP contribution < -0.4 is 11.1 Å². The maximum Gasteiger partial charge on any atom is 0.255 e. The van der Waals surface area contributed by atoms with Crippen LogP contribution in [0.4, 0.5) is 5.69 Å². The summed E-state index contributed by atoms with van der Waals surface area (Å²) in [4.78, 5) is 24.8. The fourth-order valence-corrected chi connectivity index (χ4v) is 2.44. The zero-order valence-electron chi connectivity index (χ0n) is 11.8. The Hall–Kier alpha value is -2.27. The van der Waals surface area contributed by atoms with E-state index in [4.69, 9.17) is 5.73 Å². The molecular formula is C16H16N2O2S. The molecule has 21 heavy (non-hydrogen) atoms. The summed E-state index contributed by atoms with van der Waals surface area (Å²) in [5.74, 6) is -0.822. The number of amides is 2. The Morgan fingerprint density at radius 1 is 1.10 bits per heavy atom. The van der Waals surface area contributed by atoms with Crippen LogP contribution in [0.3, 0.4) is 0 Å². The van der Waals surface area contributed by atoms with Crippen molar-refractivity contribution in [1.29, 1.82) is 0 Å². The maximum atomic E-state index is 12.2. The predicted molar refractivity (Wildman–Crippen MR) is 85.9 cm³/mol. The average molecular weight is 300 g/mol. The minimum Gasteiger partial charge on any atom is -0.366 e. The second kappa shape index (κ2) is 6.45. The molecule has 2 amide bonds. The largest absolute Gasteiger partial charge is 0.366 e. The Balaban J connectivity index is 2.27. The third-order valence-corrected chi connectivity index (χ3v) is 3.86. The minimum atomic E-state index is -0.555. The molecule has 0 radical (unpaired) electrons. The van der Waals surface area contributed by atoms with Gasteiger partial charge in [-0.05, 0) is 49.1 Å². The van der Waals surface area contributed by atoms with Gasteiger partial charge in [0.2, 0.25) is 0 Å². The lowest BCUT2D eigenvalue weighted by Crippen LogP contribution is -2.19. The van der Waals surface area contributed by atoms with Gasteiger partial charge in [-0.2, -0.15) is 0 Å². The molecule has 5 heteroatoms. The molecule has 0 saturated carbocycles. The number of nitrogens with two attached hydrogens (primary N) is 1. The lowest BCUT2D eigenvalue weighted by Gasteiger charge is -2.11. The Morgan fingerprint density at radius 3 is 2.33 bits per heavy atom. The van der Waals surface area contributed by atoms with Crippen molar-refractivity contribution in [3.63, 3.8) is 0 Å². The van der Waals surface area contributed by atoms with Crippen LogP contribution in [0.15, 0.2) is 47.4 Å². The number of benzene rings is 2. The highest BCUT2D eigenvalue weighted by molar-refractivity contribution is 7.98. The number of nitrogens with one attached hydrogen (secondary N) is 1. The quantitative estimate of drug-likeness (QED) is 0.852. The number of anilines is 1. The van der Waals surface area contributed by atoms with Gasteiger partial charge in [-0.3, -0.25) is 9.59 Å². The van der Waals surface area contributed by atoms with Crippen molar-refractivity contribution in [2.45, 2.75) is 11.8 Å². The van der Waals surface area contributed by atoms with E-state index in [1.807, 2.05) is 18.4 Å². The summed E-state index contributed by atoms with van der Waals surface area (Å²) in [7, 11) is 0. The summed E-state index contributed by atoms with van der Waals surface area (Å²) in [6.45, 7) is 1.78. The number of carbonyl (C=O) groups is 2. The monoisotopic (exact) mass is 300 g/mol. The Kier molecular flexibility index (Phi) is 4.65. The molecule has 0 bridgehead atoms. The highest BCUT2D eigenvalue weighted by Crippen LogP contribution is 2.20. The van der Waals surface area contributed by atoms with E-state index < -0.39 is 5.91 Å². The molecule has 0 aromatic heterocycles. The summed E-state index contributed by atoms with van der Waals surface area (Å²) in [6, 6.07) is 12.5. The summed E-state index contributed by atoms with van der Waals surface area (Å²) < 4.78 is 0. The second-order valence-electron chi connectivity index (χ2n) is 4.54. The lowest BCUT2D eigenvalue weighted by molar-refractivity contribution is 0.100. The first-order chi connectivity index (χ1) is 10.0. The fraction of sp³-hybridized carbons (Fsp3) is 0.125. The molecule has 2 rings (SSSR count). The molecule has 3 N–H and O–H groups in total. The van der Waals surface area contributed by atoms with E-state index in [1.54, 1.807) is 49.0 Å². The van der Waals surface area contributed by atoms with Crippen LogP contribution in [0.2, 0.25) is 0 Å². The number of hydrogen-bond donors (Lipinski definition) is 2. The topological polar surface area (TPSA) is 72.2 Å². The molecule has 0 saturated heterocycles. The summed E-state index contributed by atoms with van der Waals surface area (Å²) >= 11 is 1.61. The molecular weight excluding hydrogens is 284 g/mol. The Morgan fingerprint density at radius 2 is 1.76 bits per heavy atom. The first-order valence-corrected chi connectivity index (χ1v) is 7.60. The number of primary amides is 1. The number of hydrogen-bond acceptors (Lipinski definition) is 3. The van der Waals surface area contributed by atoms with Gasteiger partial charge in [-0.1, -0.05) is 12.1 Å². The van der Waals surface area contributed by atoms with Crippen LogP contribution in [0.1, 0.15) is 26.3 Å². The first-order valence-electron chi connectivity index (χ1n) is 6.37. The third-order valence-electron chi connectivity index (χ3n) is 3.12. The van der Waals surface area contributed by atoms with E-state index in [2.05, 4.69) is 5.32 Å². The number of carbonyl (C=O) groups excluding carboxylic acids is 2. The van der Waals surface area contributed by atoms with Crippen molar-refractivity contribution < 1.29 is 9.59 Å². The third kappa shape index (κ3) is 3.44. The molecule has 0 fully saturated rings. The zero-order valence-corrected chi connectivity index (χ0v) is 12.7. The van der Waals surface area contributed by atoms with Crippen molar-refractivity contribution in [3.8, 4) is 0 Å². The van der Waals surface area contributed by atoms with Gasteiger partial charge in [0.05, 0.1) is 11.3 Å². The van der Waals surface area contributed by atoms with Gasteiger partial charge in [-0.25, -0.2) is 0 Å². The van der Waals surface area contributed by atoms with Crippen LogP contribution in [0, 0.1) is 6.92 Å². The summed E-state index contributed by atoms with van der Waals surface area (Å²) in [5, 5.41) is 2.74. The van der Waals surface area contributed by atoms with E-state index in [-0.39, 0.29) is 5.91 Å². The lowest BCUT2D eigenvalue weighted by atomic mass is 10.1. The standard InChI is InChI=1S/C16H16N2O2S/c1-10-4-3-5-13(14(10)15(17)19)18-16(20)11-6-8-12(21-2)9-7-11/h3-9H,1-2H3,(H2,17,19)(H,18,20). The van der Waals surface area contributed by atoms with Crippen molar-refractivity contribution in [2.75, 3.05) is 11.6 Å². The van der Waals surface area contributed by atoms with Gasteiger partial charge in [-0.15, -0.1) is 11.8 Å². The first kappa shape index (κ1) is 15.1. The normalized spacial score (nSPS) is 10.2. The molecule has 0 spiro atoms. The second-order valence-corrected chi connectivity index (χ2v) is 5.42. The van der Waals surface area contributed by atoms with Gasteiger partial charge < -0.3 is 11.1 Å². The van der Waals surface area contributed by atoms with E-state index in [1.165, 1.54) is 0 Å². The summed E-state index contributed by atoms with van der Waals surface area (Å²) in [5.41, 5.74) is 7.41. The minimum absolute atomic E-state index is 0.268. The highest BCUT2D eigenvalue weighted by atomic mass is 32.2. The molecule has 0 aliphatic heterocycles. The molecule has 0 unspecified atom stereocenters. The molecule has 0 aliphatic carbocycles. The Bertz CT molecular complexity index is 681. The highest BCUT2D eigenvalue weighted by Gasteiger charge is 2.14. The smallest absolute Gasteiger partial charge is 0.255 e. The maximum absolute atomic E-state index is 12.2. The SMILES string of the molecule is CSc1ccc(C(=O)Nc2cccc(C)c2C(N)=O)cc1. The van der Waals surface area contributed by atoms with Gasteiger partial charge in [0.1, 0.15) is 0 Å². The molecule has 2 aromatic rings. The fourth-order valence-electron chi connectivity index (χ4n) is 2.04. The molecule has 0 aliphatic rings. The van der Waals surface area contributed by atoms with Crippen LogP contribution in [0.5, 0.6) is 0 Å². The van der Waals surface area contributed by atoms with Crippen LogP contribution in [0.25, 0.3) is 0 Å². The van der Waals surface area contributed by atoms with Gasteiger partial charge in [0.25, 0.3) is 11.8 Å². The van der Waals surface area contributed by atoms with Crippen molar-refractivity contribution in [3.05, 3.63) is 59.2 Å². The van der Waals surface area contributed by atoms with E-state index in [0.29, 0.717) is 16.8 Å². The molecule has 108 valence electrons. The molecule has 0 atom stereocenters. The molecule has 0 heterocycles. The predicted octanol–water partition coefficient (Wildman–Crippen LogP) is 3.07. The van der Waals surface area contributed by atoms with Gasteiger partial charge in [0.15, 0.2) is 0 Å². The van der Waals surface area contributed by atoms with Crippen LogP contribution >= 0.6 is 11.8 Å². The van der Waals surface area contributed by atoms with Crippen LogP contribution in [-0.4, -0.2) is 18.1 Å². The van der Waals surface area contributed by atoms with Crippen molar-refractivity contribution in [1.82, 2.24) is 0 Å².